The molecule has 1 heterocycles. The Morgan fingerprint density at radius 2 is 1.76 bits per heavy atom. The highest BCUT2D eigenvalue weighted by Gasteiger charge is 2.33. The third-order valence-corrected chi connectivity index (χ3v) is 7.45. The van der Waals surface area contributed by atoms with Crippen molar-refractivity contribution in [3.05, 3.63) is 64.1 Å². The molecule has 5 nitrogen and oxygen atoms in total. The molecule has 0 radical (unpaired) electrons. The molecular weight excluding hydrogens is 466 g/mol. The van der Waals surface area contributed by atoms with Crippen molar-refractivity contribution < 1.29 is 22.0 Å². The van der Waals surface area contributed by atoms with Gasteiger partial charge in [0, 0.05) is 42.6 Å². The number of hydrogen-bond acceptors (Lipinski definition) is 3. The van der Waals surface area contributed by atoms with E-state index in [1.54, 1.807) is 19.2 Å². The Morgan fingerprint density at radius 1 is 1.14 bits per heavy atom. The molecule has 0 aromatic heterocycles. The molecular formula is C20H21BrF2N2O3S. The van der Waals surface area contributed by atoms with Crippen LogP contribution in [0.5, 0.6) is 0 Å². The minimum absolute atomic E-state index is 0.0333. The van der Waals surface area contributed by atoms with Gasteiger partial charge in [-0.25, -0.2) is 17.2 Å². The fourth-order valence-corrected chi connectivity index (χ4v) is 5.29. The zero-order valence-electron chi connectivity index (χ0n) is 15.8. The summed E-state index contributed by atoms with van der Waals surface area (Å²) in [6.45, 7) is 0.544. The van der Waals surface area contributed by atoms with E-state index >= 15 is 0 Å². The number of piperidine rings is 1. The molecule has 0 N–H and O–H groups in total. The molecule has 9 heteroatoms. The standard InChI is InChI=1S/C20H21BrF2N2O3S/c1-24(13-15-12-16(21)2-7-19(15)23)20(26)14-8-10-25(11-9-14)29(27,28)18-5-3-17(22)4-6-18/h2-7,12,14H,8-11,13H2,1H3. The number of hydrogen-bond donors (Lipinski definition) is 0. The molecule has 3 rings (SSSR count). The van der Waals surface area contributed by atoms with Crippen LogP contribution in [0.3, 0.4) is 0 Å². The van der Waals surface area contributed by atoms with E-state index in [-0.39, 0.29) is 42.2 Å². The molecule has 1 fully saturated rings. The highest BCUT2D eigenvalue weighted by molar-refractivity contribution is 9.10. The fourth-order valence-electron chi connectivity index (χ4n) is 3.41. The second-order valence-corrected chi connectivity index (χ2v) is 9.92. The predicted octanol–water partition coefficient (Wildman–Crippen LogP) is 3.79. The molecule has 0 saturated carbocycles. The summed E-state index contributed by atoms with van der Waals surface area (Å²) in [6.07, 6.45) is 0.759. The maximum Gasteiger partial charge on any atom is 0.243 e. The summed E-state index contributed by atoms with van der Waals surface area (Å²) in [5.74, 6) is -1.34. The molecule has 0 spiro atoms. The number of benzene rings is 2. The first-order valence-corrected chi connectivity index (χ1v) is 11.4. The Kier molecular flexibility index (Phi) is 6.70. The van der Waals surface area contributed by atoms with Gasteiger partial charge in [-0.1, -0.05) is 15.9 Å². The smallest absolute Gasteiger partial charge is 0.243 e. The molecule has 0 aliphatic carbocycles. The van der Waals surface area contributed by atoms with Gasteiger partial charge in [-0.2, -0.15) is 4.31 Å². The molecule has 2 aromatic carbocycles. The number of nitrogens with zero attached hydrogens (tertiary/aromatic N) is 2. The van der Waals surface area contributed by atoms with E-state index in [1.807, 2.05) is 0 Å². The third kappa shape index (κ3) is 5.02. The lowest BCUT2D eigenvalue weighted by atomic mass is 9.96. The molecule has 1 saturated heterocycles. The topological polar surface area (TPSA) is 57.7 Å². The molecule has 2 aromatic rings. The van der Waals surface area contributed by atoms with E-state index in [0.29, 0.717) is 18.4 Å². The van der Waals surface area contributed by atoms with Crippen molar-refractivity contribution in [1.29, 1.82) is 0 Å². The van der Waals surface area contributed by atoms with Crippen molar-refractivity contribution >= 4 is 31.9 Å². The largest absolute Gasteiger partial charge is 0.341 e. The molecule has 0 bridgehead atoms. The summed E-state index contributed by atoms with van der Waals surface area (Å²) in [6, 6.07) is 9.27. The summed E-state index contributed by atoms with van der Waals surface area (Å²) >= 11 is 3.29. The summed E-state index contributed by atoms with van der Waals surface area (Å²) < 4.78 is 54.4. The van der Waals surface area contributed by atoms with Crippen molar-refractivity contribution in [2.24, 2.45) is 5.92 Å². The first-order valence-electron chi connectivity index (χ1n) is 9.13. The number of sulfonamides is 1. The molecule has 29 heavy (non-hydrogen) atoms. The highest BCUT2D eigenvalue weighted by Crippen LogP contribution is 2.26. The van der Waals surface area contributed by atoms with Gasteiger partial charge in [0.25, 0.3) is 0 Å². The molecule has 0 atom stereocenters. The predicted molar refractivity (Wildman–Crippen MR) is 108 cm³/mol. The molecule has 156 valence electrons. The lowest BCUT2D eigenvalue weighted by molar-refractivity contribution is -0.136. The number of carbonyl (C=O) groups is 1. The Labute approximate surface area is 177 Å². The molecule has 1 amide bonds. The summed E-state index contributed by atoms with van der Waals surface area (Å²) in [5.41, 5.74) is 0.409. The van der Waals surface area contributed by atoms with E-state index in [0.717, 1.165) is 16.6 Å². The fraction of sp³-hybridized carbons (Fsp3) is 0.350. The van der Waals surface area contributed by atoms with E-state index in [4.69, 9.17) is 0 Å². The van der Waals surface area contributed by atoms with Gasteiger partial charge in [0.1, 0.15) is 11.6 Å². The van der Waals surface area contributed by atoms with Crippen molar-refractivity contribution in [3.63, 3.8) is 0 Å². The second kappa shape index (κ2) is 8.89. The van der Waals surface area contributed by atoms with Gasteiger partial charge < -0.3 is 4.90 Å². The number of halogens is 3. The van der Waals surface area contributed by atoms with Crippen LogP contribution in [0.25, 0.3) is 0 Å². The van der Waals surface area contributed by atoms with Crippen LogP contribution in [-0.2, 0) is 21.4 Å². The van der Waals surface area contributed by atoms with Crippen LogP contribution in [0.4, 0.5) is 8.78 Å². The zero-order chi connectivity index (χ0) is 21.2. The molecule has 1 aliphatic heterocycles. The average molecular weight is 487 g/mol. The van der Waals surface area contributed by atoms with Crippen molar-refractivity contribution in [2.45, 2.75) is 24.3 Å². The molecule has 0 unspecified atom stereocenters. The lowest BCUT2D eigenvalue weighted by Gasteiger charge is -2.32. The third-order valence-electron chi connectivity index (χ3n) is 5.05. The van der Waals surface area contributed by atoms with E-state index in [2.05, 4.69) is 15.9 Å². The van der Waals surface area contributed by atoms with Gasteiger partial charge in [0.2, 0.25) is 15.9 Å². The number of rotatable bonds is 5. The highest BCUT2D eigenvalue weighted by atomic mass is 79.9. The minimum Gasteiger partial charge on any atom is -0.341 e. The first-order chi connectivity index (χ1) is 13.7. The van der Waals surface area contributed by atoms with Gasteiger partial charge in [-0.15, -0.1) is 0 Å². The van der Waals surface area contributed by atoms with Crippen molar-refractivity contribution in [3.8, 4) is 0 Å². The normalized spacial score (nSPS) is 16.0. The lowest BCUT2D eigenvalue weighted by Crippen LogP contribution is -2.43. The van der Waals surface area contributed by atoms with Crippen LogP contribution < -0.4 is 0 Å². The van der Waals surface area contributed by atoms with Crippen LogP contribution in [0.2, 0.25) is 0 Å². The molecule has 1 aliphatic rings. The van der Waals surface area contributed by atoms with Gasteiger partial charge in [-0.05, 0) is 55.3 Å². The van der Waals surface area contributed by atoms with Crippen LogP contribution in [0, 0.1) is 17.6 Å². The number of amides is 1. The van der Waals surface area contributed by atoms with Crippen LogP contribution >= 0.6 is 15.9 Å². The number of carbonyl (C=O) groups excluding carboxylic acids is 1. The monoisotopic (exact) mass is 486 g/mol. The Bertz CT molecular complexity index is 991. The average Bonchev–Trinajstić information content (AvgIpc) is 2.70. The summed E-state index contributed by atoms with van der Waals surface area (Å²) in [4.78, 5) is 14.2. The second-order valence-electron chi connectivity index (χ2n) is 7.06. The maximum absolute atomic E-state index is 13.9. The summed E-state index contributed by atoms with van der Waals surface area (Å²) in [5, 5.41) is 0. The van der Waals surface area contributed by atoms with E-state index in [9.17, 15) is 22.0 Å². The maximum atomic E-state index is 13.9. The van der Waals surface area contributed by atoms with Crippen LogP contribution in [0.1, 0.15) is 18.4 Å². The van der Waals surface area contributed by atoms with Crippen molar-refractivity contribution in [2.75, 3.05) is 20.1 Å². The Morgan fingerprint density at radius 3 is 2.38 bits per heavy atom. The van der Waals surface area contributed by atoms with E-state index < -0.39 is 15.8 Å². The van der Waals surface area contributed by atoms with Gasteiger partial charge >= 0.3 is 0 Å². The van der Waals surface area contributed by atoms with Crippen LogP contribution in [-0.4, -0.2) is 43.7 Å². The van der Waals surface area contributed by atoms with Crippen molar-refractivity contribution in [1.82, 2.24) is 9.21 Å². The Balaban J connectivity index is 1.61. The quantitative estimate of drug-likeness (QED) is 0.645. The van der Waals surface area contributed by atoms with Gasteiger partial charge in [0.15, 0.2) is 0 Å². The van der Waals surface area contributed by atoms with Crippen LogP contribution in [0.15, 0.2) is 51.8 Å². The summed E-state index contributed by atoms with van der Waals surface area (Å²) in [7, 11) is -2.10. The zero-order valence-corrected chi connectivity index (χ0v) is 18.2. The Hall–Kier alpha value is -1.84. The minimum atomic E-state index is -3.72. The van der Waals surface area contributed by atoms with Gasteiger partial charge in [0.05, 0.1) is 4.90 Å². The van der Waals surface area contributed by atoms with E-state index in [1.165, 1.54) is 27.4 Å². The first kappa shape index (κ1) is 21.9. The SMILES string of the molecule is CN(Cc1cc(Br)ccc1F)C(=O)C1CCN(S(=O)(=O)c2ccc(F)cc2)CC1. The van der Waals surface area contributed by atoms with Gasteiger partial charge in [-0.3, -0.25) is 4.79 Å².